The number of fused-ring (bicyclic) bond motifs is 1. The maximum atomic E-state index is 6.16. The van der Waals surface area contributed by atoms with Crippen molar-refractivity contribution in [1.82, 2.24) is 4.98 Å². The summed E-state index contributed by atoms with van der Waals surface area (Å²) in [5.74, 6) is 0.628. The van der Waals surface area contributed by atoms with Crippen LogP contribution in [0.4, 0.5) is 0 Å². The number of rotatable bonds is 3. The van der Waals surface area contributed by atoms with Gasteiger partial charge in [0.15, 0.2) is 0 Å². The maximum Gasteiger partial charge on any atom is 0.132 e. The minimum Gasteiger partial charge on any atom is -0.236 e. The van der Waals surface area contributed by atoms with Gasteiger partial charge in [0.05, 0.1) is 5.52 Å². The molecule has 17 heavy (non-hydrogen) atoms. The van der Waals surface area contributed by atoms with Gasteiger partial charge in [-0.3, -0.25) is 0 Å². The van der Waals surface area contributed by atoms with Gasteiger partial charge >= 0.3 is 0 Å². The van der Waals surface area contributed by atoms with Crippen LogP contribution in [0, 0.1) is 6.92 Å². The summed E-state index contributed by atoms with van der Waals surface area (Å²) in [5.41, 5.74) is 2.98. The van der Waals surface area contributed by atoms with Gasteiger partial charge < -0.3 is 0 Å². The first-order chi connectivity index (χ1) is 8.11. The topological polar surface area (TPSA) is 12.9 Å². The minimum atomic E-state index is 0.563. The van der Waals surface area contributed by atoms with Gasteiger partial charge in [-0.1, -0.05) is 23.2 Å². The molecule has 0 aliphatic heterocycles. The number of halogens is 3. The van der Waals surface area contributed by atoms with E-state index in [1.807, 2.05) is 19.1 Å². The van der Waals surface area contributed by atoms with Crippen LogP contribution < -0.4 is 0 Å². The fraction of sp³-hybridized carbons (Fsp3) is 0.308. The Morgan fingerprint density at radius 3 is 2.65 bits per heavy atom. The highest BCUT2D eigenvalue weighted by Gasteiger charge is 2.07. The first-order valence-electron chi connectivity index (χ1n) is 5.43. The molecule has 2 aromatic rings. The Bertz CT molecular complexity index is 552. The Morgan fingerprint density at radius 2 is 1.94 bits per heavy atom. The largest absolute Gasteiger partial charge is 0.236 e. The molecule has 0 saturated heterocycles. The molecule has 0 aliphatic carbocycles. The minimum absolute atomic E-state index is 0.563. The van der Waals surface area contributed by atoms with Crippen molar-refractivity contribution in [2.24, 2.45) is 0 Å². The van der Waals surface area contributed by atoms with Crippen molar-refractivity contribution in [3.05, 3.63) is 39.5 Å². The van der Waals surface area contributed by atoms with Crippen molar-refractivity contribution < 1.29 is 0 Å². The summed E-state index contributed by atoms with van der Waals surface area (Å²) in [7, 11) is 0. The molecule has 2 rings (SSSR count). The molecule has 0 fully saturated rings. The molecule has 4 heteroatoms. The fourth-order valence-corrected chi connectivity index (χ4v) is 2.52. The SMILES string of the molecule is Cc1cc(Cl)cc2cc(CCCCl)c(Cl)nc12. The summed E-state index contributed by atoms with van der Waals surface area (Å²) in [6, 6.07) is 5.86. The Kier molecular flexibility index (Phi) is 4.13. The molecule has 0 spiro atoms. The van der Waals surface area contributed by atoms with Crippen LogP contribution in [0.25, 0.3) is 10.9 Å². The van der Waals surface area contributed by atoms with E-state index in [2.05, 4.69) is 11.1 Å². The normalized spacial score (nSPS) is 11.1. The van der Waals surface area contributed by atoms with Gasteiger partial charge in [-0.25, -0.2) is 4.98 Å². The van der Waals surface area contributed by atoms with Crippen molar-refractivity contribution in [3.63, 3.8) is 0 Å². The third kappa shape index (κ3) is 2.85. The molecule has 0 amide bonds. The first-order valence-corrected chi connectivity index (χ1v) is 6.72. The number of nitrogens with zero attached hydrogens (tertiary/aromatic N) is 1. The summed E-state index contributed by atoms with van der Waals surface area (Å²) in [6.45, 7) is 1.98. The van der Waals surface area contributed by atoms with Gasteiger partial charge in [-0.2, -0.15) is 0 Å². The summed E-state index contributed by atoms with van der Waals surface area (Å²) in [4.78, 5) is 4.43. The molecule has 0 bridgehead atoms. The van der Waals surface area contributed by atoms with Gasteiger partial charge in [0.1, 0.15) is 5.15 Å². The average molecular weight is 289 g/mol. The van der Waals surface area contributed by atoms with Crippen molar-refractivity contribution in [1.29, 1.82) is 0 Å². The van der Waals surface area contributed by atoms with Crippen LogP contribution >= 0.6 is 34.8 Å². The van der Waals surface area contributed by atoms with Crippen LogP contribution in [-0.4, -0.2) is 10.9 Å². The van der Waals surface area contributed by atoms with Gasteiger partial charge in [0.25, 0.3) is 0 Å². The Hall–Kier alpha value is -0.500. The third-order valence-corrected chi connectivity index (χ3v) is 3.49. The smallest absolute Gasteiger partial charge is 0.132 e. The molecule has 0 radical (unpaired) electrons. The second-order valence-electron chi connectivity index (χ2n) is 4.03. The number of hydrogen-bond donors (Lipinski definition) is 0. The van der Waals surface area contributed by atoms with E-state index in [1.54, 1.807) is 0 Å². The summed E-state index contributed by atoms with van der Waals surface area (Å²) in [5, 5.41) is 2.32. The van der Waals surface area contributed by atoms with E-state index < -0.39 is 0 Å². The molecular weight excluding hydrogens is 277 g/mol. The van der Waals surface area contributed by atoms with Crippen molar-refractivity contribution in [2.75, 3.05) is 5.88 Å². The van der Waals surface area contributed by atoms with E-state index in [0.29, 0.717) is 11.0 Å². The third-order valence-electron chi connectivity index (χ3n) is 2.68. The molecule has 1 aromatic heterocycles. The first kappa shape index (κ1) is 12.9. The molecule has 1 heterocycles. The Labute approximate surface area is 116 Å². The monoisotopic (exact) mass is 287 g/mol. The second kappa shape index (κ2) is 5.43. The lowest BCUT2D eigenvalue weighted by atomic mass is 10.1. The molecule has 90 valence electrons. The number of aromatic nitrogens is 1. The van der Waals surface area contributed by atoms with Crippen molar-refractivity contribution in [2.45, 2.75) is 19.8 Å². The molecular formula is C13H12Cl3N. The van der Waals surface area contributed by atoms with Crippen molar-refractivity contribution in [3.8, 4) is 0 Å². The lowest BCUT2D eigenvalue weighted by molar-refractivity contribution is 0.924. The number of benzene rings is 1. The Morgan fingerprint density at radius 1 is 1.18 bits per heavy atom. The lowest BCUT2D eigenvalue weighted by Crippen LogP contribution is -1.93. The van der Waals surface area contributed by atoms with Crippen LogP contribution in [0.5, 0.6) is 0 Å². The Balaban J connectivity index is 2.55. The van der Waals surface area contributed by atoms with Crippen molar-refractivity contribution >= 4 is 45.7 Å². The molecule has 0 saturated carbocycles. The molecule has 0 atom stereocenters. The molecule has 1 nitrogen and oxygen atoms in total. The molecule has 0 unspecified atom stereocenters. The van der Waals surface area contributed by atoms with Gasteiger partial charge in [0.2, 0.25) is 0 Å². The number of aryl methyl sites for hydroxylation is 2. The van der Waals surface area contributed by atoms with Gasteiger partial charge in [0, 0.05) is 16.3 Å². The molecule has 0 aliphatic rings. The van der Waals surface area contributed by atoms with Crippen LogP contribution in [0.15, 0.2) is 18.2 Å². The summed E-state index contributed by atoms with van der Waals surface area (Å²) in [6.07, 6.45) is 1.74. The van der Waals surface area contributed by atoms with Gasteiger partial charge in [-0.05, 0) is 49.1 Å². The lowest BCUT2D eigenvalue weighted by Gasteiger charge is -2.07. The summed E-state index contributed by atoms with van der Waals surface area (Å²) >= 11 is 17.9. The van der Waals surface area contributed by atoms with E-state index in [9.17, 15) is 0 Å². The zero-order chi connectivity index (χ0) is 12.4. The van der Waals surface area contributed by atoms with E-state index in [1.165, 1.54) is 0 Å². The number of hydrogen-bond acceptors (Lipinski definition) is 1. The standard InChI is InChI=1S/C13H12Cl3N/c1-8-5-11(15)7-10-6-9(3-2-4-14)13(16)17-12(8)10/h5-7H,2-4H2,1H3. The quantitative estimate of drug-likeness (QED) is 0.571. The van der Waals surface area contributed by atoms with E-state index in [-0.39, 0.29) is 0 Å². The predicted molar refractivity (Wildman–Crippen MR) is 75.5 cm³/mol. The zero-order valence-electron chi connectivity index (χ0n) is 9.43. The number of alkyl halides is 1. The van der Waals surface area contributed by atoms with Crippen LogP contribution in [0.3, 0.4) is 0 Å². The van der Waals surface area contributed by atoms with Crippen LogP contribution in [0.1, 0.15) is 17.5 Å². The van der Waals surface area contributed by atoms with E-state index in [4.69, 9.17) is 34.8 Å². The van der Waals surface area contributed by atoms with Crippen LogP contribution in [-0.2, 0) is 6.42 Å². The highest BCUT2D eigenvalue weighted by molar-refractivity contribution is 6.32. The summed E-state index contributed by atoms with van der Waals surface area (Å²) < 4.78 is 0. The molecule has 1 aromatic carbocycles. The predicted octanol–water partition coefficient (Wildman–Crippen LogP) is 5.02. The van der Waals surface area contributed by atoms with E-state index >= 15 is 0 Å². The highest BCUT2D eigenvalue weighted by Crippen LogP contribution is 2.26. The maximum absolute atomic E-state index is 6.16. The second-order valence-corrected chi connectivity index (χ2v) is 5.20. The highest BCUT2D eigenvalue weighted by atomic mass is 35.5. The average Bonchev–Trinajstić information content (AvgIpc) is 2.27. The fourth-order valence-electron chi connectivity index (χ4n) is 1.87. The van der Waals surface area contributed by atoms with Gasteiger partial charge in [-0.15, -0.1) is 11.6 Å². The number of pyridine rings is 1. The molecule has 0 N–H and O–H groups in total. The zero-order valence-corrected chi connectivity index (χ0v) is 11.7. The van der Waals surface area contributed by atoms with Crippen LogP contribution in [0.2, 0.25) is 10.2 Å². The van der Waals surface area contributed by atoms with E-state index in [0.717, 1.165) is 39.9 Å².